The zero-order chi connectivity index (χ0) is 14.8. The number of aliphatic hydroxyl groups excluding tert-OH is 1. The van der Waals surface area contributed by atoms with Crippen molar-refractivity contribution in [2.24, 2.45) is 5.92 Å². The second-order valence-corrected chi connectivity index (χ2v) is 7.08. The molecule has 2 N–H and O–H groups in total. The van der Waals surface area contributed by atoms with Crippen LogP contribution >= 0.6 is 0 Å². The number of aliphatic hydroxyl groups is 1. The Morgan fingerprint density at radius 3 is 2.55 bits per heavy atom. The lowest BCUT2D eigenvalue weighted by Gasteiger charge is -2.24. The van der Waals surface area contributed by atoms with E-state index in [1.807, 2.05) is 13.8 Å². The molecule has 1 aromatic carbocycles. The van der Waals surface area contributed by atoms with Crippen LogP contribution in [0.4, 0.5) is 5.69 Å². The molecule has 1 aromatic rings. The van der Waals surface area contributed by atoms with Crippen molar-refractivity contribution in [1.29, 1.82) is 0 Å². The summed E-state index contributed by atoms with van der Waals surface area (Å²) in [5, 5.41) is 12.5. The van der Waals surface area contributed by atoms with Crippen LogP contribution < -0.4 is 5.32 Å². The number of benzene rings is 1. The average molecular weight is 298 g/mol. The highest BCUT2D eigenvalue weighted by Gasteiger charge is 2.39. The standard InChI is InChI=1S/C14H22N2O3S/c1-3-15-12-4-6-13(7-5-12)20(18,19)16-9-8-11(2)14(16)10-17/h4-7,11,14-15,17H,3,8-10H2,1-2H3. The van der Waals surface area contributed by atoms with E-state index in [1.165, 1.54) is 4.31 Å². The maximum absolute atomic E-state index is 12.6. The molecule has 1 aliphatic rings. The fourth-order valence-electron chi connectivity index (χ4n) is 2.63. The lowest BCUT2D eigenvalue weighted by Crippen LogP contribution is -2.39. The van der Waals surface area contributed by atoms with Gasteiger partial charge < -0.3 is 10.4 Å². The predicted octanol–water partition coefficient (Wildman–Crippen LogP) is 1.51. The molecule has 1 fully saturated rings. The molecular formula is C14H22N2O3S. The number of rotatable bonds is 5. The molecule has 2 unspecified atom stereocenters. The van der Waals surface area contributed by atoms with E-state index in [4.69, 9.17) is 0 Å². The molecule has 1 aliphatic heterocycles. The van der Waals surface area contributed by atoms with E-state index in [9.17, 15) is 13.5 Å². The van der Waals surface area contributed by atoms with Gasteiger partial charge in [0, 0.05) is 18.8 Å². The molecule has 112 valence electrons. The quantitative estimate of drug-likeness (QED) is 0.864. The van der Waals surface area contributed by atoms with E-state index in [1.54, 1.807) is 24.3 Å². The molecule has 20 heavy (non-hydrogen) atoms. The molecule has 5 nitrogen and oxygen atoms in total. The number of nitrogens with one attached hydrogen (secondary N) is 1. The Balaban J connectivity index is 2.26. The first-order valence-corrected chi connectivity index (χ1v) is 8.41. The van der Waals surface area contributed by atoms with E-state index >= 15 is 0 Å². The zero-order valence-corrected chi connectivity index (χ0v) is 12.7. The first-order chi connectivity index (χ1) is 9.50. The summed E-state index contributed by atoms with van der Waals surface area (Å²) in [4.78, 5) is 0.284. The van der Waals surface area contributed by atoms with Gasteiger partial charge in [-0.2, -0.15) is 4.31 Å². The first kappa shape index (κ1) is 15.3. The van der Waals surface area contributed by atoms with Crippen LogP contribution in [0, 0.1) is 5.92 Å². The fraction of sp³-hybridized carbons (Fsp3) is 0.571. The van der Waals surface area contributed by atoms with E-state index in [0.717, 1.165) is 18.7 Å². The van der Waals surface area contributed by atoms with Crippen molar-refractivity contribution in [3.8, 4) is 0 Å². The highest BCUT2D eigenvalue weighted by atomic mass is 32.2. The average Bonchev–Trinajstić information content (AvgIpc) is 2.81. The number of nitrogens with zero attached hydrogens (tertiary/aromatic N) is 1. The van der Waals surface area contributed by atoms with Gasteiger partial charge in [-0.05, 0) is 43.5 Å². The Kier molecular flexibility index (Phi) is 4.67. The highest BCUT2D eigenvalue weighted by molar-refractivity contribution is 7.89. The van der Waals surface area contributed by atoms with E-state index in [-0.39, 0.29) is 23.5 Å². The SMILES string of the molecule is CCNc1ccc(S(=O)(=O)N2CCC(C)C2CO)cc1. The Morgan fingerprint density at radius 1 is 1.35 bits per heavy atom. The minimum absolute atomic E-state index is 0.129. The van der Waals surface area contributed by atoms with E-state index in [2.05, 4.69) is 5.32 Å². The molecule has 0 aliphatic carbocycles. The summed E-state index contributed by atoms with van der Waals surface area (Å²) in [6.07, 6.45) is 0.792. The second kappa shape index (κ2) is 6.11. The lowest BCUT2D eigenvalue weighted by molar-refractivity contribution is 0.191. The summed E-state index contributed by atoms with van der Waals surface area (Å²) in [6, 6.07) is 6.46. The fourth-order valence-corrected chi connectivity index (χ4v) is 4.35. The number of sulfonamides is 1. The maximum atomic E-state index is 12.6. The molecule has 0 spiro atoms. The summed E-state index contributed by atoms with van der Waals surface area (Å²) in [6.45, 7) is 5.11. The van der Waals surface area contributed by atoms with Crippen molar-refractivity contribution in [2.45, 2.75) is 31.2 Å². The molecule has 0 saturated carbocycles. The first-order valence-electron chi connectivity index (χ1n) is 6.97. The van der Waals surface area contributed by atoms with Gasteiger partial charge in [0.2, 0.25) is 10.0 Å². The van der Waals surface area contributed by atoms with Gasteiger partial charge in [0.25, 0.3) is 0 Å². The molecule has 0 bridgehead atoms. The van der Waals surface area contributed by atoms with Crippen molar-refractivity contribution in [1.82, 2.24) is 4.31 Å². The van der Waals surface area contributed by atoms with Crippen LogP contribution in [0.3, 0.4) is 0 Å². The van der Waals surface area contributed by atoms with Gasteiger partial charge in [0.1, 0.15) is 0 Å². The normalized spacial score (nSPS) is 23.9. The van der Waals surface area contributed by atoms with Crippen LogP contribution in [-0.2, 0) is 10.0 Å². The predicted molar refractivity (Wildman–Crippen MR) is 79.2 cm³/mol. The third-order valence-corrected chi connectivity index (χ3v) is 5.80. The van der Waals surface area contributed by atoms with Crippen molar-refractivity contribution in [3.05, 3.63) is 24.3 Å². The van der Waals surface area contributed by atoms with Gasteiger partial charge in [-0.3, -0.25) is 0 Å². The van der Waals surface area contributed by atoms with Gasteiger partial charge in [-0.1, -0.05) is 6.92 Å². The number of anilines is 1. The molecule has 2 rings (SSSR count). The molecule has 6 heteroatoms. The topological polar surface area (TPSA) is 69.6 Å². The molecule has 0 radical (unpaired) electrons. The summed E-state index contributed by atoms with van der Waals surface area (Å²) < 4.78 is 26.7. The monoisotopic (exact) mass is 298 g/mol. The van der Waals surface area contributed by atoms with Gasteiger partial charge >= 0.3 is 0 Å². The summed E-state index contributed by atoms with van der Waals surface area (Å²) in [5.41, 5.74) is 0.903. The van der Waals surface area contributed by atoms with Crippen LogP contribution in [0.5, 0.6) is 0 Å². The third-order valence-electron chi connectivity index (χ3n) is 3.86. The van der Waals surface area contributed by atoms with E-state index in [0.29, 0.717) is 6.54 Å². The summed E-state index contributed by atoms with van der Waals surface area (Å²) >= 11 is 0. The number of hydrogen-bond acceptors (Lipinski definition) is 4. The van der Waals surface area contributed by atoms with Crippen molar-refractivity contribution < 1.29 is 13.5 Å². The van der Waals surface area contributed by atoms with Gasteiger partial charge in [-0.25, -0.2) is 8.42 Å². The van der Waals surface area contributed by atoms with Crippen molar-refractivity contribution >= 4 is 15.7 Å². The zero-order valence-electron chi connectivity index (χ0n) is 11.9. The van der Waals surface area contributed by atoms with Crippen molar-refractivity contribution in [2.75, 3.05) is 25.0 Å². The second-order valence-electron chi connectivity index (χ2n) is 5.19. The minimum Gasteiger partial charge on any atom is -0.395 e. The van der Waals surface area contributed by atoms with Crippen LogP contribution in [0.25, 0.3) is 0 Å². The maximum Gasteiger partial charge on any atom is 0.243 e. The highest BCUT2D eigenvalue weighted by Crippen LogP contribution is 2.30. The molecule has 1 heterocycles. The molecular weight excluding hydrogens is 276 g/mol. The van der Waals surface area contributed by atoms with Gasteiger partial charge in [0.15, 0.2) is 0 Å². The summed E-state index contributed by atoms with van der Waals surface area (Å²) in [5.74, 6) is 0.191. The van der Waals surface area contributed by atoms with Crippen molar-refractivity contribution in [3.63, 3.8) is 0 Å². The largest absolute Gasteiger partial charge is 0.395 e. The van der Waals surface area contributed by atoms with Crippen LogP contribution in [-0.4, -0.2) is 43.6 Å². The Labute approximate surface area is 120 Å². The minimum atomic E-state index is -3.52. The van der Waals surface area contributed by atoms with Crippen LogP contribution in [0.15, 0.2) is 29.2 Å². The van der Waals surface area contributed by atoms with Gasteiger partial charge in [-0.15, -0.1) is 0 Å². The third kappa shape index (κ3) is 2.82. The number of hydrogen-bond donors (Lipinski definition) is 2. The molecule has 2 atom stereocenters. The lowest BCUT2D eigenvalue weighted by atomic mass is 10.0. The van der Waals surface area contributed by atoms with Crippen LogP contribution in [0.2, 0.25) is 0 Å². The van der Waals surface area contributed by atoms with E-state index < -0.39 is 10.0 Å². The van der Waals surface area contributed by atoms with Crippen LogP contribution in [0.1, 0.15) is 20.3 Å². The Bertz CT molecular complexity index is 542. The summed E-state index contributed by atoms with van der Waals surface area (Å²) in [7, 11) is -3.52. The molecule has 1 saturated heterocycles. The molecule has 0 aromatic heterocycles. The Hall–Kier alpha value is -1.11. The Morgan fingerprint density at radius 2 is 2.00 bits per heavy atom. The smallest absolute Gasteiger partial charge is 0.243 e. The van der Waals surface area contributed by atoms with Gasteiger partial charge in [0.05, 0.1) is 17.5 Å². The molecule has 0 amide bonds.